The molecule has 1 heterocycles. The molecule has 2 aromatic rings. The van der Waals surface area contributed by atoms with Gasteiger partial charge in [0.15, 0.2) is 5.82 Å². The van der Waals surface area contributed by atoms with Crippen LogP contribution in [-0.2, 0) is 6.42 Å². The number of aliphatic hydroxyl groups excluding tert-OH is 1. The van der Waals surface area contributed by atoms with Crippen LogP contribution in [0.4, 0.5) is 11.5 Å². The number of aryl methyl sites for hydroxylation is 1. The van der Waals surface area contributed by atoms with Gasteiger partial charge in [0.2, 0.25) is 0 Å². The molecule has 1 aromatic carbocycles. The van der Waals surface area contributed by atoms with Crippen molar-refractivity contribution < 1.29 is 10.0 Å². The molecule has 0 spiro atoms. The number of hydrogen-bond acceptors (Lipinski definition) is 6. The van der Waals surface area contributed by atoms with Gasteiger partial charge in [0.05, 0.1) is 11.0 Å². The second-order valence-corrected chi connectivity index (χ2v) is 4.96. The van der Waals surface area contributed by atoms with E-state index in [4.69, 9.17) is 0 Å². The van der Waals surface area contributed by atoms with E-state index in [1.54, 1.807) is 19.1 Å². The first-order valence-corrected chi connectivity index (χ1v) is 7.04. The fraction of sp³-hybridized carbons (Fsp3) is 0.333. The third-order valence-electron chi connectivity index (χ3n) is 3.06. The topological polar surface area (TPSA) is 101 Å². The molecule has 0 aliphatic heterocycles. The Labute approximate surface area is 128 Å². The molecule has 2 rings (SSSR count). The molecule has 7 nitrogen and oxygen atoms in total. The highest BCUT2D eigenvalue weighted by Crippen LogP contribution is 2.21. The number of aromatic nitrogens is 2. The number of benzene rings is 1. The average molecular weight is 302 g/mol. The van der Waals surface area contributed by atoms with Crippen LogP contribution in [0.5, 0.6) is 0 Å². The summed E-state index contributed by atoms with van der Waals surface area (Å²) < 4.78 is 0. The molecule has 0 amide bonds. The molecule has 0 fully saturated rings. The van der Waals surface area contributed by atoms with E-state index in [1.165, 1.54) is 12.1 Å². The standard InChI is InChI=1S/C15H18N4O3/c1-3-12-8-14(16-9-10(2)20)18-15(17-12)11-4-6-13(7-5-11)19(21)22/h4-8,10,20H,3,9H2,1-2H3,(H,16,17,18)/t10-/m0/s1. The fourth-order valence-corrected chi connectivity index (χ4v) is 1.88. The Bertz CT molecular complexity index is 656. The lowest BCUT2D eigenvalue weighted by Gasteiger charge is -2.10. The lowest BCUT2D eigenvalue weighted by Crippen LogP contribution is -2.16. The summed E-state index contributed by atoms with van der Waals surface area (Å²) >= 11 is 0. The average Bonchev–Trinajstić information content (AvgIpc) is 2.52. The molecule has 0 saturated carbocycles. The van der Waals surface area contributed by atoms with Crippen molar-refractivity contribution >= 4 is 11.5 Å². The zero-order chi connectivity index (χ0) is 16.1. The molecule has 1 aromatic heterocycles. The molecular formula is C15H18N4O3. The number of non-ortho nitro benzene ring substituents is 1. The minimum absolute atomic E-state index is 0.0304. The largest absolute Gasteiger partial charge is 0.392 e. The molecule has 0 saturated heterocycles. The summed E-state index contributed by atoms with van der Waals surface area (Å²) in [5.74, 6) is 1.13. The Morgan fingerprint density at radius 3 is 2.55 bits per heavy atom. The van der Waals surface area contributed by atoms with E-state index >= 15 is 0 Å². The fourth-order valence-electron chi connectivity index (χ4n) is 1.88. The van der Waals surface area contributed by atoms with Gasteiger partial charge in [-0.2, -0.15) is 0 Å². The maximum Gasteiger partial charge on any atom is 0.269 e. The smallest absolute Gasteiger partial charge is 0.269 e. The van der Waals surface area contributed by atoms with Crippen LogP contribution in [0.3, 0.4) is 0 Å². The van der Waals surface area contributed by atoms with Gasteiger partial charge in [0.25, 0.3) is 5.69 Å². The molecule has 0 aliphatic carbocycles. The highest BCUT2D eigenvalue weighted by atomic mass is 16.6. The van der Waals surface area contributed by atoms with Gasteiger partial charge in [0, 0.05) is 36.0 Å². The third-order valence-corrected chi connectivity index (χ3v) is 3.06. The van der Waals surface area contributed by atoms with Crippen molar-refractivity contribution in [2.75, 3.05) is 11.9 Å². The SMILES string of the molecule is CCc1cc(NC[C@H](C)O)nc(-c2ccc([N+](=O)[O-])cc2)n1. The van der Waals surface area contributed by atoms with E-state index in [1.807, 2.05) is 13.0 Å². The maximum atomic E-state index is 10.7. The first kappa shape index (κ1) is 15.8. The van der Waals surface area contributed by atoms with Gasteiger partial charge >= 0.3 is 0 Å². The zero-order valence-corrected chi connectivity index (χ0v) is 12.5. The Morgan fingerprint density at radius 2 is 2.00 bits per heavy atom. The molecule has 0 bridgehead atoms. The summed E-state index contributed by atoms with van der Waals surface area (Å²) in [6.07, 6.45) is 0.258. The van der Waals surface area contributed by atoms with Crippen LogP contribution < -0.4 is 5.32 Å². The minimum atomic E-state index is -0.483. The number of anilines is 1. The molecular weight excluding hydrogens is 284 g/mol. The number of rotatable bonds is 6. The van der Waals surface area contributed by atoms with Crippen LogP contribution in [-0.4, -0.2) is 32.6 Å². The van der Waals surface area contributed by atoms with Gasteiger partial charge in [-0.25, -0.2) is 9.97 Å². The van der Waals surface area contributed by atoms with E-state index in [9.17, 15) is 15.2 Å². The van der Waals surface area contributed by atoms with E-state index < -0.39 is 11.0 Å². The monoisotopic (exact) mass is 302 g/mol. The molecule has 0 radical (unpaired) electrons. The number of nitrogens with zero attached hydrogens (tertiary/aromatic N) is 3. The molecule has 7 heteroatoms. The second-order valence-electron chi connectivity index (χ2n) is 4.96. The highest BCUT2D eigenvalue weighted by molar-refractivity contribution is 5.59. The van der Waals surface area contributed by atoms with Crippen molar-refractivity contribution in [3.63, 3.8) is 0 Å². The first-order valence-electron chi connectivity index (χ1n) is 7.04. The van der Waals surface area contributed by atoms with Crippen LogP contribution in [0.25, 0.3) is 11.4 Å². The van der Waals surface area contributed by atoms with Gasteiger partial charge in [-0.05, 0) is 25.5 Å². The summed E-state index contributed by atoms with van der Waals surface area (Å²) in [6.45, 7) is 4.06. The second kappa shape index (κ2) is 6.95. The van der Waals surface area contributed by atoms with Crippen LogP contribution in [0.15, 0.2) is 30.3 Å². The number of hydrogen-bond donors (Lipinski definition) is 2. The molecule has 116 valence electrons. The number of nitrogens with one attached hydrogen (secondary N) is 1. The quantitative estimate of drug-likeness (QED) is 0.627. The molecule has 1 atom stereocenters. The van der Waals surface area contributed by atoms with Crippen LogP contribution >= 0.6 is 0 Å². The molecule has 22 heavy (non-hydrogen) atoms. The molecule has 0 unspecified atom stereocenters. The Morgan fingerprint density at radius 1 is 1.32 bits per heavy atom. The minimum Gasteiger partial charge on any atom is -0.392 e. The van der Waals surface area contributed by atoms with Gasteiger partial charge in [-0.1, -0.05) is 6.92 Å². The lowest BCUT2D eigenvalue weighted by molar-refractivity contribution is -0.384. The Kier molecular flexibility index (Phi) is 5.00. The molecule has 0 aliphatic rings. The van der Waals surface area contributed by atoms with Crippen molar-refractivity contribution in [1.82, 2.24) is 9.97 Å². The van der Waals surface area contributed by atoms with Crippen molar-refractivity contribution in [3.05, 3.63) is 46.1 Å². The van der Waals surface area contributed by atoms with Gasteiger partial charge in [0.1, 0.15) is 5.82 Å². The van der Waals surface area contributed by atoms with Crippen LogP contribution in [0, 0.1) is 10.1 Å². The highest BCUT2D eigenvalue weighted by Gasteiger charge is 2.09. The summed E-state index contributed by atoms with van der Waals surface area (Å²) in [6, 6.07) is 7.95. The predicted molar refractivity (Wildman–Crippen MR) is 83.7 cm³/mol. The lowest BCUT2D eigenvalue weighted by atomic mass is 10.2. The summed E-state index contributed by atoms with van der Waals surface area (Å²) in [4.78, 5) is 19.1. The molecule has 2 N–H and O–H groups in total. The van der Waals surface area contributed by atoms with Crippen molar-refractivity contribution in [3.8, 4) is 11.4 Å². The Balaban J connectivity index is 2.32. The predicted octanol–water partition coefficient (Wildman–Crippen LogP) is 2.41. The number of nitro benzene ring substituents is 1. The summed E-state index contributed by atoms with van der Waals surface area (Å²) in [7, 11) is 0. The van der Waals surface area contributed by atoms with Crippen LogP contribution in [0.1, 0.15) is 19.5 Å². The number of nitro groups is 1. The van der Waals surface area contributed by atoms with Crippen molar-refractivity contribution in [2.45, 2.75) is 26.4 Å². The van der Waals surface area contributed by atoms with Gasteiger partial charge in [-0.15, -0.1) is 0 Å². The van der Waals surface area contributed by atoms with E-state index in [0.717, 1.165) is 12.1 Å². The summed E-state index contributed by atoms with van der Waals surface area (Å²) in [5, 5.41) is 23.1. The van der Waals surface area contributed by atoms with E-state index in [-0.39, 0.29) is 5.69 Å². The van der Waals surface area contributed by atoms with Crippen molar-refractivity contribution in [1.29, 1.82) is 0 Å². The normalized spacial score (nSPS) is 12.0. The van der Waals surface area contributed by atoms with Gasteiger partial charge in [-0.3, -0.25) is 10.1 Å². The third kappa shape index (κ3) is 3.98. The van der Waals surface area contributed by atoms with E-state index in [0.29, 0.717) is 23.8 Å². The summed E-state index contributed by atoms with van der Waals surface area (Å²) in [5.41, 5.74) is 1.60. The van der Waals surface area contributed by atoms with Crippen LogP contribution in [0.2, 0.25) is 0 Å². The zero-order valence-electron chi connectivity index (χ0n) is 12.5. The van der Waals surface area contributed by atoms with Crippen molar-refractivity contribution in [2.24, 2.45) is 0 Å². The maximum absolute atomic E-state index is 10.7. The number of aliphatic hydroxyl groups is 1. The van der Waals surface area contributed by atoms with E-state index in [2.05, 4.69) is 15.3 Å². The van der Waals surface area contributed by atoms with Gasteiger partial charge < -0.3 is 10.4 Å². The Hall–Kier alpha value is -2.54. The first-order chi connectivity index (χ1) is 10.5.